The van der Waals surface area contributed by atoms with Gasteiger partial charge in [0, 0.05) is 12.2 Å². The topological polar surface area (TPSA) is 46.5 Å². The summed E-state index contributed by atoms with van der Waals surface area (Å²) in [5.74, 6) is 4.32. The monoisotopic (exact) mass is 562 g/mol. The summed E-state index contributed by atoms with van der Waals surface area (Å²) >= 11 is 0. The van der Waals surface area contributed by atoms with Crippen molar-refractivity contribution < 1.29 is 14.6 Å². The zero-order valence-corrected chi connectivity index (χ0v) is 26.3. The molecule has 0 aliphatic heterocycles. The van der Waals surface area contributed by atoms with E-state index in [1.165, 1.54) is 107 Å². The number of aliphatic hydroxyl groups excluding tert-OH is 1. The van der Waals surface area contributed by atoms with Gasteiger partial charge in [0.2, 0.25) is 0 Å². The Balaban J connectivity index is 1.14. The summed E-state index contributed by atoms with van der Waals surface area (Å²) in [7, 11) is 0. The number of benzene rings is 1. The molecule has 0 heterocycles. The van der Waals surface area contributed by atoms with Crippen LogP contribution in [0.5, 0.6) is 0 Å². The van der Waals surface area contributed by atoms with Gasteiger partial charge in [0.05, 0.1) is 6.61 Å². The average Bonchev–Trinajstić information content (AvgIpc) is 3.02. The lowest BCUT2D eigenvalue weighted by atomic mass is 9.64. The molecular formula is C38H58O3. The third kappa shape index (κ3) is 9.57. The van der Waals surface area contributed by atoms with Crippen molar-refractivity contribution in [2.45, 2.75) is 123 Å². The molecule has 0 spiro atoms. The highest BCUT2D eigenvalue weighted by Crippen LogP contribution is 2.46. The molecule has 1 aromatic carbocycles. The van der Waals surface area contributed by atoms with Gasteiger partial charge in [-0.15, -0.1) is 0 Å². The molecule has 2 saturated carbocycles. The molecule has 3 aliphatic carbocycles. The SMILES string of the molecule is C=C(C)C(=O)OCCCC(CO)C1CCC(C2CCC(C3CC=C(c4ccc(CCCCC)cc4)CC3)CC2)CC1. The number of rotatable bonds is 14. The molecule has 3 aliphatic rings. The van der Waals surface area contributed by atoms with Gasteiger partial charge in [-0.25, -0.2) is 4.79 Å². The Bertz CT molecular complexity index is 960. The molecule has 228 valence electrons. The number of hydrogen-bond acceptors (Lipinski definition) is 3. The van der Waals surface area contributed by atoms with Crippen molar-refractivity contribution in [3.63, 3.8) is 0 Å². The van der Waals surface area contributed by atoms with Crippen LogP contribution in [0.15, 0.2) is 42.5 Å². The first-order valence-corrected chi connectivity index (χ1v) is 17.2. The summed E-state index contributed by atoms with van der Waals surface area (Å²) in [6, 6.07) is 9.47. The number of carbonyl (C=O) groups is 1. The standard InChI is InChI=1S/C38H58O3/c1-4-5-6-8-29-10-12-30(13-11-29)31-14-16-32(17-15-31)33-18-20-34(21-19-33)35-22-24-36(25-23-35)37(27-39)9-7-26-41-38(40)28(2)3/h10-14,32-37,39H,2,4-9,15-27H2,1,3H3. The summed E-state index contributed by atoms with van der Waals surface area (Å²) in [5.41, 5.74) is 4.99. The minimum Gasteiger partial charge on any atom is -0.462 e. The number of esters is 1. The summed E-state index contributed by atoms with van der Waals surface area (Å²) < 4.78 is 5.25. The van der Waals surface area contributed by atoms with Gasteiger partial charge >= 0.3 is 5.97 Å². The van der Waals surface area contributed by atoms with Crippen LogP contribution in [-0.4, -0.2) is 24.3 Å². The number of aryl methyl sites for hydroxylation is 1. The molecule has 0 saturated heterocycles. The molecule has 3 heteroatoms. The molecule has 2 unspecified atom stereocenters. The third-order valence-corrected chi connectivity index (χ3v) is 11.0. The minimum absolute atomic E-state index is 0.261. The molecule has 3 nitrogen and oxygen atoms in total. The highest BCUT2D eigenvalue weighted by atomic mass is 16.5. The van der Waals surface area contributed by atoms with E-state index in [1.54, 1.807) is 12.5 Å². The van der Waals surface area contributed by atoms with E-state index in [4.69, 9.17) is 4.74 Å². The molecule has 0 radical (unpaired) electrons. The predicted molar refractivity (Wildman–Crippen MR) is 171 cm³/mol. The largest absolute Gasteiger partial charge is 0.462 e. The molecule has 1 N–H and O–H groups in total. The van der Waals surface area contributed by atoms with Crippen molar-refractivity contribution in [2.75, 3.05) is 13.2 Å². The van der Waals surface area contributed by atoms with E-state index >= 15 is 0 Å². The maximum absolute atomic E-state index is 11.6. The van der Waals surface area contributed by atoms with Crippen LogP contribution in [0.25, 0.3) is 5.57 Å². The van der Waals surface area contributed by atoms with Gasteiger partial charge in [-0.05, 0) is 155 Å². The number of carbonyl (C=O) groups excluding carboxylic acids is 1. The van der Waals surface area contributed by atoms with Crippen LogP contribution >= 0.6 is 0 Å². The second-order valence-corrected chi connectivity index (χ2v) is 13.8. The van der Waals surface area contributed by atoms with E-state index in [-0.39, 0.29) is 12.6 Å². The van der Waals surface area contributed by atoms with Crippen LogP contribution in [0.3, 0.4) is 0 Å². The van der Waals surface area contributed by atoms with E-state index in [2.05, 4.69) is 43.8 Å². The minimum atomic E-state index is -0.302. The lowest BCUT2D eigenvalue weighted by molar-refractivity contribution is -0.139. The molecule has 2 atom stereocenters. The molecule has 1 aromatic rings. The maximum Gasteiger partial charge on any atom is 0.333 e. The number of hydrogen-bond donors (Lipinski definition) is 1. The Hall–Kier alpha value is -1.87. The summed E-state index contributed by atoms with van der Waals surface area (Å²) in [6.07, 6.45) is 24.4. The van der Waals surface area contributed by atoms with Gasteiger partial charge in [0.25, 0.3) is 0 Å². The second-order valence-electron chi connectivity index (χ2n) is 13.8. The van der Waals surface area contributed by atoms with E-state index in [0.29, 0.717) is 24.0 Å². The Morgan fingerprint density at radius 1 is 0.902 bits per heavy atom. The van der Waals surface area contributed by atoms with Crippen molar-refractivity contribution in [3.8, 4) is 0 Å². The molecule has 0 amide bonds. The second kappa shape index (κ2) is 16.7. The smallest absolute Gasteiger partial charge is 0.333 e. The lowest BCUT2D eigenvalue weighted by Crippen LogP contribution is -2.31. The zero-order chi connectivity index (χ0) is 29.0. The van der Waals surface area contributed by atoms with Gasteiger partial charge in [0.1, 0.15) is 0 Å². The van der Waals surface area contributed by atoms with Crippen LogP contribution in [0, 0.1) is 35.5 Å². The van der Waals surface area contributed by atoms with E-state index in [9.17, 15) is 9.90 Å². The number of unbranched alkanes of at least 4 members (excludes halogenated alkanes) is 2. The first kappa shape index (κ1) is 32.1. The molecular weight excluding hydrogens is 504 g/mol. The highest BCUT2D eigenvalue weighted by Gasteiger charge is 2.35. The van der Waals surface area contributed by atoms with Crippen molar-refractivity contribution in [2.24, 2.45) is 35.5 Å². The Kier molecular flexibility index (Phi) is 13.0. The van der Waals surface area contributed by atoms with Crippen molar-refractivity contribution in [3.05, 3.63) is 53.6 Å². The quantitative estimate of drug-likeness (QED) is 0.139. The average molecular weight is 563 g/mol. The van der Waals surface area contributed by atoms with Gasteiger partial charge in [0.15, 0.2) is 0 Å². The Morgan fingerprint density at radius 3 is 2.10 bits per heavy atom. The van der Waals surface area contributed by atoms with E-state index in [1.807, 2.05) is 0 Å². The first-order valence-electron chi connectivity index (χ1n) is 17.2. The predicted octanol–water partition coefficient (Wildman–Crippen LogP) is 9.72. The summed E-state index contributed by atoms with van der Waals surface area (Å²) in [5, 5.41) is 10.0. The maximum atomic E-state index is 11.6. The van der Waals surface area contributed by atoms with Crippen LogP contribution in [0.1, 0.15) is 128 Å². The van der Waals surface area contributed by atoms with Gasteiger partial charge in [-0.1, -0.05) is 56.7 Å². The first-order chi connectivity index (χ1) is 20.0. The highest BCUT2D eigenvalue weighted by molar-refractivity contribution is 5.86. The van der Waals surface area contributed by atoms with Crippen LogP contribution in [-0.2, 0) is 16.0 Å². The lowest BCUT2D eigenvalue weighted by Gasteiger charge is -2.41. The third-order valence-electron chi connectivity index (χ3n) is 11.0. The fraction of sp³-hybridized carbons (Fsp3) is 0.711. The Labute approximate surface area is 251 Å². The number of aliphatic hydroxyl groups is 1. The summed E-state index contributed by atoms with van der Waals surface area (Å²) in [6.45, 7) is 8.29. The fourth-order valence-electron chi connectivity index (χ4n) is 8.29. The summed E-state index contributed by atoms with van der Waals surface area (Å²) in [4.78, 5) is 11.6. The van der Waals surface area contributed by atoms with Crippen LogP contribution < -0.4 is 0 Å². The van der Waals surface area contributed by atoms with E-state index < -0.39 is 0 Å². The zero-order valence-electron chi connectivity index (χ0n) is 26.3. The van der Waals surface area contributed by atoms with Crippen LogP contribution in [0.4, 0.5) is 0 Å². The number of allylic oxidation sites excluding steroid dienone is 2. The molecule has 0 bridgehead atoms. The van der Waals surface area contributed by atoms with Crippen LogP contribution in [0.2, 0.25) is 0 Å². The van der Waals surface area contributed by atoms with Gasteiger partial charge < -0.3 is 9.84 Å². The number of ether oxygens (including phenoxy) is 1. The fourth-order valence-corrected chi connectivity index (χ4v) is 8.29. The van der Waals surface area contributed by atoms with Gasteiger partial charge in [-0.2, -0.15) is 0 Å². The normalized spacial score (nSPS) is 27.6. The van der Waals surface area contributed by atoms with Crippen molar-refractivity contribution in [1.82, 2.24) is 0 Å². The molecule has 41 heavy (non-hydrogen) atoms. The molecule has 4 rings (SSSR count). The van der Waals surface area contributed by atoms with E-state index in [0.717, 1.165) is 36.5 Å². The molecule has 0 aromatic heterocycles. The van der Waals surface area contributed by atoms with Crippen molar-refractivity contribution in [1.29, 1.82) is 0 Å². The molecule has 2 fully saturated rings. The van der Waals surface area contributed by atoms with Gasteiger partial charge in [-0.3, -0.25) is 0 Å². The Morgan fingerprint density at radius 2 is 1.54 bits per heavy atom. The van der Waals surface area contributed by atoms with Crippen molar-refractivity contribution >= 4 is 11.5 Å².